The molecule has 184 valence electrons. The third-order valence-electron chi connectivity index (χ3n) is 4.85. The molecule has 0 saturated carbocycles. The van der Waals surface area contributed by atoms with Gasteiger partial charge in [-0.25, -0.2) is 10.3 Å². The highest BCUT2D eigenvalue weighted by Gasteiger charge is 2.19. The normalized spacial score (nSPS) is 12.0. The Bertz CT molecular complexity index is 950. The molecule has 2 aromatic rings. The number of carbonyl (C=O) groups excluding carboxylic acids is 3. The first kappa shape index (κ1) is 29.2. The van der Waals surface area contributed by atoms with Crippen LogP contribution >= 0.6 is 24.0 Å². The molecule has 0 aromatic heterocycles. The molecule has 0 fully saturated rings. The lowest BCUT2D eigenvalue weighted by atomic mass is 10.0. The van der Waals surface area contributed by atoms with Gasteiger partial charge in [0, 0.05) is 24.8 Å². The minimum Gasteiger partial charge on any atom is -0.482 e. The Morgan fingerprint density at radius 2 is 1.65 bits per heavy atom. The SMILES string of the molecule is CCOC(=O)COc1ccc(C(=O)[C@@H](C)NC(=O)c2ccc([C@H](CCOC)N=N)cc2)cc1.I. The Labute approximate surface area is 216 Å². The van der Waals surface area contributed by atoms with Crippen LogP contribution in [0, 0.1) is 5.53 Å². The van der Waals surface area contributed by atoms with Crippen LogP contribution in [-0.2, 0) is 14.3 Å². The Morgan fingerprint density at radius 3 is 2.21 bits per heavy atom. The van der Waals surface area contributed by atoms with Crippen LogP contribution in [0.5, 0.6) is 5.75 Å². The van der Waals surface area contributed by atoms with Gasteiger partial charge in [-0.3, -0.25) is 9.59 Å². The summed E-state index contributed by atoms with van der Waals surface area (Å²) in [5, 5.41) is 6.30. The zero-order valence-electron chi connectivity index (χ0n) is 19.4. The van der Waals surface area contributed by atoms with Gasteiger partial charge in [-0.2, -0.15) is 5.11 Å². The summed E-state index contributed by atoms with van der Waals surface area (Å²) in [6.45, 7) is 3.87. The predicted molar refractivity (Wildman–Crippen MR) is 136 cm³/mol. The summed E-state index contributed by atoms with van der Waals surface area (Å²) in [5.41, 5.74) is 8.95. The van der Waals surface area contributed by atoms with Crippen LogP contribution in [0.3, 0.4) is 0 Å². The summed E-state index contributed by atoms with van der Waals surface area (Å²) < 4.78 is 15.1. The molecular formula is C24H30IN3O6. The number of halogens is 1. The second kappa shape index (κ2) is 15.1. The van der Waals surface area contributed by atoms with Gasteiger partial charge in [0.2, 0.25) is 0 Å². The van der Waals surface area contributed by atoms with E-state index in [0.29, 0.717) is 29.9 Å². The number of ketones is 1. The monoisotopic (exact) mass is 583 g/mol. The number of Topliss-reactive ketones (excluding diaryl/α,β-unsaturated/α-hetero) is 1. The second-order valence-corrected chi connectivity index (χ2v) is 7.23. The average molecular weight is 583 g/mol. The van der Waals surface area contributed by atoms with Gasteiger partial charge < -0.3 is 19.5 Å². The maximum absolute atomic E-state index is 12.7. The summed E-state index contributed by atoms with van der Waals surface area (Å²) in [6.07, 6.45) is 0.573. The van der Waals surface area contributed by atoms with Gasteiger partial charge in [0.05, 0.1) is 18.7 Å². The topological polar surface area (TPSA) is 127 Å². The predicted octanol–water partition coefficient (Wildman–Crippen LogP) is 4.36. The molecule has 2 N–H and O–H groups in total. The van der Waals surface area contributed by atoms with Crippen LogP contribution in [-0.4, -0.2) is 50.6 Å². The number of hydrogen-bond donors (Lipinski definition) is 2. The van der Waals surface area contributed by atoms with E-state index in [1.165, 1.54) is 0 Å². The Kier molecular flexibility index (Phi) is 13.0. The van der Waals surface area contributed by atoms with E-state index in [0.717, 1.165) is 5.56 Å². The van der Waals surface area contributed by atoms with Gasteiger partial charge in [-0.15, -0.1) is 24.0 Å². The molecule has 0 radical (unpaired) electrons. The van der Waals surface area contributed by atoms with Crippen LogP contribution in [0.1, 0.15) is 52.6 Å². The van der Waals surface area contributed by atoms with Crippen molar-refractivity contribution in [2.75, 3.05) is 26.9 Å². The molecule has 2 atom stereocenters. The summed E-state index contributed by atoms with van der Waals surface area (Å²) >= 11 is 0. The van der Waals surface area contributed by atoms with E-state index < -0.39 is 12.0 Å². The first-order valence-corrected chi connectivity index (χ1v) is 10.6. The Balaban J connectivity index is 0.00000578. The fourth-order valence-corrected chi connectivity index (χ4v) is 3.05. The zero-order valence-corrected chi connectivity index (χ0v) is 21.7. The first-order valence-electron chi connectivity index (χ1n) is 10.6. The van der Waals surface area contributed by atoms with Gasteiger partial charge in [0.15, 0.2) is 12.4 Å². The number of methoxy groups -OCH3 is 1. The quantitative estimate of drug-likeness (QED) is 0.156. The second-order valence-electron chi connectivity index (χ2n) is 7.23. The standard InChI is InChI=1S/C24H29N3O6.HI/c1-4-32-22(28)15-33-20-11-9-18(10-12-20)23(29)16(2)26-24(30)19-7-5-17(6-8-19)21(27-25)13-14-31-3;/h5-12,16,21,25H,4,13-15H2,1-3H3,(H,26,30);1H/t16-,21+;/m1./s1. The number of ether oxygens (including phenoxy) is 3. The summed E-state index contributed by atoms with van der Waals surface area (Å²) in [5.74, 6) is -0.682. The lowest BCUT2D eigenvalue weighted by Crippen LogP contribution is -2.38. The molecule has 0 spiro atoms. The largest absolute Gasteiger partial charge is 0.482 e. The summed E-state index contributed by atoms with van der Waals surface area (Å²) in [4.78, 5) is 36.6. The third kappa shape index (κ3) is 8.82. The van der Waals surface area contributed by atoms with Gasteiger partial charge in [0.1, 0.15) is 5.75 Å². The summed E-state index contributed by atoms with van der Waals surface area (Å²) in [6, 6.07) is 12.0. The van der Waals surface area contributed by atoms with Gasteiger partial charge >= 0.3 is 5.97 Å². The first-order chi connectivity index (χ1) is 15.9. The van der Waals surface area contributed by atoms with Crippen molar-refractivity contribution in [1.29, 1.82) is 5.53 Å². The van der Waals surface area contributed by atoms with E-state index in [4.69, 9.17) is 19.7 Å². The van der Waals surface area contributed by atoms with Gasteiger partial charge in [-0.05, 0) is 62.2 Å². The van der Waals surface area contributed by atoms with E-state index in [1.54, 1.807) is 69.5 Å². The van der Waals surface area contributed by atoms with Crippen LogP contribution in [0.15, 0.2) is 53.6 Å². The van der Waals surface area contributed by atoms with E-state index in [9.17, 15) is 14.4 Å². The molecule has 2 rings (SSSR count). The lowest BCUT2D eigenvalue weighted by Gasteiger charge is -2.14. The van der Waals surface area contributed by atoms with Crippen molar-refractivity contribution in [3.8, 4) is 5.75 Å². The average Bonchev–Trinajstić information content (AvgIpc) is 2.83. The molecule has 34 heavy (non-hydrogen) atoms. The number of nitrogens with zero attached hydrogens (tertiary/aromatic N) is 1. The van der Waals surface area contributed by atoms with Crippen LogP contribution in [0.2, 0.25) is 0 Å². The highest BCUT2D eigenvalue weighted by atomic mass is 127. The van der Waals surface area contributed by atoms with Crippen molar-refractivity contribution in [1.82, 2.24) is 5.32 Å². The molecule has 1 amide bonds. The molecular weight excluding hydrogens is 553 g/mol. The van der Waals surface area contributed by atoms with Crippen LogP contribution in [0.25, 0.3) is 0 Å². The van der Waals surface area contributed by atoms with Gasteiger partial charge in [0.25, 0.3) is 5.91 Å². The fraction of sp³-hybridized carbons (Fsp3) is 0.375. The van der Waals surface area contributed by atoms with Crippen LogP contribution in [0.4, 0.5) is 0 Å². The van der Waals surface area contributed by atoms with E-state index in [-0.39, 0.29) is 54.9 Å². The van der Waals surface area contributed by atoms with E-state index in [1.807, 2.05) is 0 Å². The number of carbonyl (C=O) groups is 3. The third-order valence-corrected chi connectivity index (χ3v) is 4.85. The number of esters is 1. The molecule has 10 heteroatoms. The zero-order chi connectivity index (χ0) is 24.2. The lowest BCUT2D eigenvalue weighted by molar-refractivity contribution is -0.145. The Hall–Kier alpha value is -2.86. The van der Waals surface area contributed by atoms with Crippen molar-refractivity contribution in [3.05, 3.63) is 65.2 Å². The molecule has 0 aliphatic carbocycles. The van der Waals surface area contributed by atoms with Crippen LogP contribution < -0.4 is 10.1 Å². The summed E-state index contributed by atoms with van der Waals surface area (Å²) in [7, 11) is 1.59. The van der Waals surface area contributed by atoms with Crippen molar-refractivity contribution in [2.24, 2.45) is 5.11 Å². The number of nitrogens with one attached hydrogen (secondary N) is 2. The van der Waals surface area contributed by atoms with Crippen molar-refractivity contribution < 1.29 is 28.6 Å². The van der Waals surface area contributed by atoms with Crippen molar-refractivity contribution >= 4 is 41.6 Å². The highest BCUT2D eigenvalue weighted by molar-refractivity contribution is 14.0. The van der Waals surface area contributed by atoms with Crippen molar-refractivity contribution in [2.45, 2.75) is 32.4 Å². The van der Waals surface area contributed by atoms with E-state index in [2.05, 4.69) is 10.4 Å². The number of benzene rings is 2. The maximum Gasteiger partial charge on any atom is 0.344 e. The molecule has 9 nitrogen and oxygen atoms in total. The molecule has 0 unspecified atom stereocenters. The number of rotatable bonds is 13. The maximum atomic E-state index is 12.7. The minimum atomic E-state index is -0.749. The number of amides is 1. The smallest absolute Gasteiger partial charge is 0.344 e. The number of hydrogen-bond acceptors (Lipinski definition) is 8. The molecule has 0 saturated heterocycles. The molecule has 0 bridgehead atoms. The fourth-order valence-electron chi connectivity index (χ4n) is 3.05. The van der Waals surface area contributed by atoms with Crippen molar-refractivity contribution in [3.63, 3.8) is 0 Å². The molecule has 0 aliphatic rings. The molecule has 0 aliphatic heterocycles. The van der Waals surface area contributed by atoms with E-state index >= 15 is 0 Å². The molecule has 2 aromatic carbocycles. The minimum absolute atomic E-state index is 0. The van der Waals surface area contributed by atoms with Gasteiger partial charge in [-0.1, -0.05) is 12.1 Å². The Morgan fingerprint density at radius 1 is 1.03 bits per heavy atom. The highest BCUT2D eigenvalue weighted by Crippen LogP contribution is 2.21. The molecule has 0 heterocycles.